The van der Waals surface area contributed by atoms with Crippen LogP contribution >= 0.6 is 15.9 Å². The van der Waals surface area contributed by atoms with E-state index in [-0.39, 0.29) is 11.7 Å². The van der Waals surface area contributed by atoms with Crippen LogP contribution in [-0.2, 0) is 4.74 Å². The molecular weight excluding hydrogens is 308 g/mol. The van der Waals surface area contributed by atoms with Crippen LogP contribution in [0.3, 0.4) is 0 Å². The van der Waals surface area contributed by atoms with Crippen LogP contribution in [0.2, 0.25) is 0 Å². The van der Waals surface area contributed by atoms with Gasteiger partial charge in [0.15, 0.2) is 5.78 Å². The minimum atomic E-state index is 0.00283. The molecule has 0 spiro atoms. The van der Waals surface area contributed by atoms with Gasteiger partial charge in [-0.05, 0) is 53.4 Å². The van der Waals surface area contributed by atoms with Gasteiger partial charge in [-0.2, -0.15) is 0 Å². The third kappa shape index (κ3) is 3.80. The number of carbonyl (C=O) groups is 1. The number of ketones is 1. The van der Waals surface area contributed by atoms with Gasteiger partial charge < -0.3 is 9.47 Å². The molecule has 19 heavy (non-hydrogen) atoms. The summed E-state index contributed by atoms with van der Waals surface area (Å²) in [6.45, 7) is 4.07. The van der Waals surface area contributed by atoms with Crippen molar-refractivity contribution in [2.24, 2.45) is 5.92 Å². The molecule has 0 amide bonds. The average Bonchev–Trinajstić information content (AvgIpc) is 2.46. The fourth-order valence-electron chi connectivity index (χ4n) is 2.17. The molecule has 1 unspecified atom stereocenters. The van der Waals surface area contributed by atoms with Crippen LogP contribution < -0.4 is 4.74 Å². The molecule has 1 aromatic carbocycles. The van der Waals surface area contributed by atoms with Crippen LogP contribution in [0, 0.1) is 5.92 Å². The van der Waals surface area contributed by atoms with Gasteiger partial charge in [0.25, 0.3) is 0 Å². The third-order valence-corrected chi connectivity index (χ3v) is 3.83. The standard InChI is InChI=1S/C15H19BrO3/c1-2-7-19-14-6-5-11(9-13(14)16)15(17)12-4-3-8-18-10-12/h5-6,9,12H,2-4,7-8,10H2,1H3. The van der Waals surface area contributed by atoms with Crippen molar-refractivity contribution in [3.05, 3.63) is 28.2 Å². The van der Waals surface area contributed by atoms with Gasteiger partial charge >= 0.3 is 0 Å². The quantitative estimate of drug-likeness (QED) is 0.771. The smallest absolute Gasteiger partial charge is 0.168 e. The number of rotatable bonds is 5. The lowest BCUT2D eigenvalue weighted by Crippen LogP contribution is -2.25. The second-order valence-electron chi connectivity index (χ2n) is 4.77. The highest BCUT2D eigenvalue weighted by Crippen LogP contribution is 2.28. The Kier molecular flexibility index (Phi) is 5.40. The monoisotopic (exact) mass is 326 g/mol. The van der Waals surface area contributed by atoms with E-state index >= 15 is 0 Å². The average molecular weight is 327 g/mol. The molecular formula is C15H19BrO3. The molecule has 0 aromatic heterocycles. The van der Waals surface area contributed by atoms with Crippen molar-refractivity contribution in [2.45, 2.75) is 26.2 Å². The normalized spacial score (nSPS) is 19.2. The van der Waals surface area contributed by atoms with Crippen LogP contribution in [0.15, 0.2) is 22.7 Å². The van der Waals surface area contributed by atoms with Gasteiger partial charge in [-0.3, -0.25) is 4.79 Å². The molecule has 1 atom stereocenters. The van der Waals surface area contributed by atoms with Gasteiger partial charge in [0.05, 0.1) is 17.7 Å². The molecule has 3 nitrogen and oxygen atoms in total. The molecule has 0 N–H and O–H groups in total. The highest BCUT2D eigenvalue weighted by molar-refractivity contribution is 9.10. The van der Waals surface area contributed by atoms with Crippen molar-refractivity contribution in [3.63, 3.8) is 0 Å². The maximum atomic E-state index is 12.3. The van der Waals surface area contributed by atoms with Crippen LogP contribution in [0.5, 0.6) is 5.75 Å². The van der Waals surface area contributed by atoms with Gasteiger partial charge in [-0.15, -0.1) is 0 Å². The van der Waals surface area contributed by atoms with Crippen LogP contribution in [0.1, 0.15) is 36.5 Å². The van der Waals surface area contributed by atoms with Crippen molar-refractivity contribution in [3.8, 4) is 5.75 Å². The van der Waals surface area contributed by atoms with Gasteiger partial charge in [0.2, 0.25) is 0 Å². The largest absolute Gasteiger partial charge is 0.492 e. The summed E-state index contributed by atoms with van der Waals surface area (Å²) in [6.07, 6.45) is 2.85. The molecule has 0 radical (unpaired) electrons. The summed E-state index contributed by atoms with van der Waals surface area (Å²) in [5, 5.41) is 0. The van der Waals surface area contributed by atoms with Gasteiger partial charge in [-0.1, -0.05) is 6.92 Å². The van der Waals surface area contributed by atoms with Crippen LogP contribution in [-0.4, -0.2) is 25.6 Å². The lowest BCUT2D eigenvalue weighted by molar-refractivity contribution is 0.0461. The zero-order chi connectivity index (χ0) is 13.7. The second-order valence-corrected chi connectivity index (χ2v) is 5.63. The van der Waals surface area contributed by atoms with Crippen LogP contribution in [0.4, 0.5) is 0 Å². The number of carbonyl (C=O) groups excluding carboxylic acids is 1. The topological polar surface area (TPSA) is 35.5 Å². The molecule has 0 bridgehead atoms. The molecule has 0 saturated carbocycles. The number of Topliss-reactive ketones (excluding diaryl/α,β-unsaturated/α-hetero) is 1. The first kappa shape index (κ1) is 14.5. The van der Waals surface area contributed by atoms with E-state index in [1.165, 1.54) is 0 Å². The number of benzene rings is 1. The predicted molar refractivity (Wildman–Crippen MR) is 77.8 cm³/mol. The summed E-state index contributed by atoms with van der Waals surface area (Å²) >= 11 is 3.46. The Balaban J connectivity index is 2.07. The molecule has 1 heterocycles. The van der Waals surface area contributed by atoms with E-state index in [0.29, 0.717) is 13.2 Å². The zero-order valence-corrected chi connectivity index (χ0v) is 12.7. The van der Waals surface area contributed by atoms with Crippen molar-refractivity contribution < 1.29 is 14.3 Å². The Morgan fingerprint density at radius 2 is 2.37 bits per heavy atom. The number of hydrogen-bond acceptors (Lipinski definition) is 3. The molecule has 104 valence electrons. The lowest BCUT2D eigenvalue weighted by Gasteiger charge is -2.21. The van der Waals surface area contributed by atoms with Gasteiger partial charge in [0.1, 0.15) is 5.75 Å². The Hall–Kier alpha value is -0.870. The third-order valence-electron chi connectivity index (χ3n) is 3.21. The van der Waals surface area contributed by atoms with Crippen LogP contribution in [0.25, 0.3) is 0 Å². The summed E-state index contributed by atoms with van der Waals surface area (Å²) in [7, 11) is 0. The number of halogens is 1. The Morgan fingerprint density at radius 1 is 1.53 bits per heavy atom. The summed E-state index contributed by atoms with van der Waals surface area (Å²) in [6, 6.07) is 5.55. The molecule has 1 aliphatic rings. The highest BCUT2D eigenvalue weighted by Gasteiger charge is 2.23. The van der Waals surface area contributed by atoms with E-state index in [1.54, 1.807) is 0 Å². The molecule has 0 aliphatic carbocycles. The molecule has 1 aromatic rings. The maximum Gasteiger partial charge on any atom is 0.168 e. The van der Waals surface area contributed by atoms with Crippen molar-refractivity contribution >= 4 is 21.7 Å². The first-order chi connectivity index (χ1) is 9.22. The van der Waals surface area contributed by atoms with E-state index in [4.69, 9.17) is 9.47 Å². The maximum absolute atomic E-state index is 12.3. The Labute approximate surface area is 122 Å². The fraction of sp³-hybridized carbons (Fsp3) is 0.533. The zero-order valence-electron chi connectivity index (χ0n) is 11.2. The van der Waals surface area contributed by atoms with E-state index in [0.717, 1.165) is 41.7 Å². The SMILES string of the molecule is CCCOc1ccc(C(=O)C2CCCOC2)cc1Br. The van der Waals surface area contributed by atoms with E-state index in [1.807, 2.05) is 18.2 Å². The van der Waals surface area contributed by atoms with E-state index in [2.05, 4.69) is 22.9 Å². The summed E-state index contributed by atoms with van der Waals surface area (Å²) in [4.78, 5) is 12.3. The van der Waals surface area contributed by atoms with Crippen molar-refractivity contribution in [1.29, 1.82) is 0 Å². The molecule has 4 heteroatoms. The minimum Gasteiger partial charge on any atom is -0.492 e. The molecule has 1 aliphatic heterocycles. The first-order valence-electron chi connectivity index (χ1n) is 6.76. The van der Waals surface area contributed by atoms with Crippen molar-refractivity contribution in [2.75, 3.05) is 19.8 Å². The molecule has 2 rings (SSSR count). The molecule has 1 saturated heterocycles. The Morgan fingerprint density at radius 3 is 3.00 bits per heavy atom. The summed E-state index contributed by atoms with van der Waals surface area (Å²) < 4.78 is 11.8. The number of ether oxygens (including phenoxy) is 2. The summed E-state index contributed by atoms with van der Waals surface area (Å²) in [5.41, 5.74) is 0.728. The van der Waals surface area contributed by atoms with Gasteiger partial charge in [0, 0.05) is 18.1 Å². The predicted octanol–water partition coefficient (Wildman–Crippen LogP) is 3.85. The number of hydrogen-bond donors (Lipinski definition) is 0. The Bertz CT molecular complexity index is 439. The van der Waals surface area contributed by atoms with E-state index < -0.39 is 0 Å². The second kappa shape index (κ2) is 7.06. The van der Waals surface area contributed by atoms with Gasteiger partial charge in [-0.25, -0.2) is 0 Å². The summed E-state index contributed by atoms with van der Waals surface area (Å²) in [5.74, 6) is 0.962. The van der Waals surface area contributed by atoms with E-state index in [9.17, 15) is 4.79 Å². The lowest BCUT2D eigenvalue weighted by atomic mass is 9.93. The first-order valence-corrected chi connectivity index (χ1v) is 7.56. The highest BCUT2D eigenvalue weighted by atomic mass is 79.9. The fourth-order valence-corrected chi connectivity index (χ4v) is 2.66. The molecule has 1 fully saturated rings. The minimum absolute atomic E-state index is 0.00283. The van der Waals surface area contributed by atoms with Crippen molar-refractivity contribution in [1.82, 2.24) is 0 Å².